The maximum Gasteiger partial charge on any atom is 0.472 e. The van der Waals surface area contributed by atoms with Crippen LogP contribution in [0.15, 0.2) is 24.3 Å². The first kappa shape index (κ1) is 24.1. The van der Waals surface area contributed by atoms with E-state index in [4.69, 9.17) is 19.4 Å². The molecule has 2 unspecified atom stereocenters. The van der Waals surface area contributed by atoms with E-state index in [1.54, 1.807) is 0 Å². The van der Waals surface area contributed by atoms with Crippen molar-refractivity contribution in [1.82, 2.24) is 5.06 Å². The van der Waals surface area contributed by atoms with E-state index < -0.39 is 38.4 Å². The Hall–Kier alpha value is -2.59. The number of imide groups is 1. The number of carbonyl (C=O) groups excluding carboxylic acids is 4. The number of hydrogen-bond acceptors (Lipinski definition) is 8. The second-order valence-electron chi connectivity index (χ2n) is 7.61. The van der Waals surface area contributed by atoms with E-state index in [2.05, 4.69) is 4.52 Å². The quantitative estimate of drug-likeness (QED) is 0.213. The van der Waals surface area contributed by atoms with Crippen molar-refractivity contribution in [2.75, 3.05) is 6.79 Å². The molecular formula is C20H24NO10P. The summed E-state index contributed by atoms with van der Waals surface area (Å²) in [5.41, 5.74) is 2.14. The highest BCUT2D eigenvalue weighted by Crippen LogP contribution is 2.46. The number of phosphoric ester groups is 1. The number of esters is 1. The number of ether oxygens (including phenoxy) is 1. The van der Waals surface area contributed by atoms with Crippen molar-refractivity contribution < 1.29 is 47.6 Å². The van der Waals surface area contributed by atoms with Crippen molar-refractivity contribution in [3.05, 3.63) is 35.4 Å². The molecule has 0 saturated carbocycles. The number of rotatable bonds is 11. The van der Waals surface area contributed by atoms with Crippen LogP contribution in [0.2, 0.25) is 0 Å². The molecule has 12 heteroatoms. The molecule has 0 spiro atoms. The molecule has 1 aromatic carbocycles. The van der Waals surface area contributed by atoms with Crippen LogP contribution in [-0.4, -0.2) is 45.4 Å². The molecule has 2 amide bonds. The minimum atomic E-state index is -4.70. The summed E-state index contributed by atoms with van der Waals surface area (Å²) >= 11 is 0. The van der Waals surface area contributed by atoms with Crippen LogP contribution in [0.5, 0.6) is 0 Å². The Kier molecular flexibility index (Phi) is 7.78. The standard InChI is InChI=1S/C20H24NO10P/c22-17-8-9-18(23)21(17)31-20(25)6-2-5-15-13-3-1-4-14(11-13)16(15)7-10-19(24)29-12-30-32(26,27)28/h1,3-4,11,15-16H,2,5-10,12H2,(H2,26,27,28). The van der Waals surface area contributed by atoms with E-state index in [0.717, 1.165) is 11.1 Å². The summed E-state index contributed by atoms with van der Waals surface area (Å²) in [7, 11) is -4.70. The monoisotopic (exact) mass is 469 g/mol. The summed E-state index contributed by atoms with van der Waals surface area (Å²) in [6, 6.07) is 7.88. The van der Waals surface area contributed by atoms with Crippen LogP contribution in [-0.2, 0) is 37.8 Å². The molecule has 174 valence electrons. The summed E-state index contributed by atoms with van der Waals surface area (Å²) in [6.07, 6.45) is 1.71. The molecule has 2 N–H and O–H groups in total. The number of nitrogens with zero attached hydrogens (tertiary/aromatic N) is 1. The van der Waals surface area contributed by atoms with Crippen LogP contribution in [0.25, 0.3) is 0 Å². The van der Waals surface area contributed by atoms with Gasteiger partial charge in [-0.05, 0) is 42.2 Å². The molecule has 1 aliphatic carbocycles. The molecule has 3 rings (SSSR count). The molecule has 2 atom stereocenters. The van der Waals surface area contributed by atoms with Gasteiger partial charge in [0.15, 0.2) is 0 Å². The minimum absolute atomic E-state index is 0.0213. The number of hydroxylamine groups is 2. The Morgan fingerprint density at radius 2 is 1.62 bits per heavy atom. The summed E-state index contributed by atoms with van der Waals surface area (Å²) in [5, 5.41) is 0.533. The number of hydrogen-bond donors (Lipinski definition) is 2. The topological polar surface area (TPSA) is 157 Å². The zero-order valence-corrected chi connectivity index (χ0v) is 18.1. The van der Waals surface area contributed by atoms with E-state index in [0.29, 0.717) is 24.3 Å². The fourth-order valence-corrected chi connectivity index (χ4v) is 4.19. The van der Waals surface area contributed by atoms with E-state index in [1.807, 2.05) is 24.3 Å². The maximum absolute atomic E-state index is 12.0. The summed E-state index contributed by atoms with van der Waals surface area (Å²) in [4.78, 5) is 69.1. The van der Waals surface area contributed by atoms with Gasteiger partial charge in [0.05, 0.1) is 0 Å². The highest BCUT2D eigenvalue weighted by molar-refractivity contribution is 7.46. The lowest BCUT2D eigenvalue weighted by Gasteiger charge is -2.21. The molecule has 1 aromatic rings. The predicted molar refractivity (Wildman–Crippen MR) is 106 cm³/mol. The Morgan fingerprint density at radius 3 is 2.25 bits per heavy atom. The smallest absolute Gasteiger partial charge is 0.438 e. The minimum Gasteiger partial charge on any atom is -0.438 e. The van der Waals surface area contributed by atoms with Gasteiger partial charge in [-0.2, -0.15) is 0 Å². The van der Waals surface area contributed by atoms with E-state index >= 15 is 0 Å². The third-order valence-electron chi connectivity index (χ3n) is 5.45. The molecule has 1 saturated heterocycles. The van der Waals surface area contributed by atoms with Crippen molar-refractivity contribution >= 4 is 31.6 Å². The van der Waals surface area contributed by atoms with Gasteiger partial charge in [-0.1, -0.05) is 24.3 Å². The maximum atomic E-state index is 12.0. The van der Waals surface area contributed by atoms with Crippen molar-refractivity contribution in [2.45, 2.75) is 56.8 Å². The summed E-state index contributed by atoms with van der Waals surface area (Å²) in [5.74, 6) is -2.24. The van der Waals surface area contributed by atoms with Gasteiger partial charge in [-0.25, -0.2) is 13.9 Å². The van der Waals surface area contributed by atoms with Gasteiger partial charge in [0.2, 0.25) is 6.79 Å². The molecule has 0 radical (unpaired) electrons. The average Bonchev–Trinajstić information content (AvgIpc) is 3.15. The molecule has 2 bridgehead atoms. The number of benzene rings is 1. The van der Waals surface area contributed by atoms with E-state index in [9.17, 15) is 23.7 Å². The van der Waals surface area contributed by atoms with Gasteiger partial charge in [0, 0.05) is 25.7 Å². The van der Waals surface area contributed by atoms with Crippen molar-refractivity contribution in [1.29, 1.82) is 0 Å². The van der Waals surface area contributed by atoms with Gasteiger partial charge in [0.1, 0.15) is 0 Å². The third-order valence-corrected chi connectivity index (χ3v) is 5.89. The van der Waals surface area contributed by atoms with Crippen LogP contribution in [0.3, 0.4) is 0 Å². The largest absolute Gasteiger partial charge is 0.472 e. The second kappa shape index (κ2) is 10.4. The zero-order chi connectivity index (χ0) is 23.3. The number of amides is 2. The Bertz CT molecular complexity index is 926. The molecular weight excluding hydrogens is 445 g/mol. The van der Waals surface area contributed by atoms with Gasteiger partial charge in [0.25, 0.3) is 11.8 Å². The predicted octanol–water partition coefficient (Wildman–Crippen LogP) is 2.04. The van der Waals surface area contributed by atoms with Crippen LogP contribution in [0.4, 0.5) is 0 Å². The van der Waals surface area contributed by atoms with Crippen molar-refractivity contribution in [3.8, 4) is 0 Å². The lowest BCUT2D eigenvalue weighted by Crippen LogP contribution is -2.32. The molecule has 11 nitrogen and oxygen atoms in total. The average molecular weight is 469 g/mol. The third kappa shape index (κ3) is 6.46. The fraction of sp³-hybridized carbons (Fsp3) is 0.500. The van der Waals surface area contributed by atoms with Gasteiger partial charge in [-0.3, -0.25) is 14.4 Å². The normalized spacial score (nSPS) is 20.0. The Balaban J connectivity index is 1.46. The SMILES string of the molecule is O=C(CCC1c2cccc(c2)C1CCCC(=O)ON1C(=O)CCC1=O)OCOP(=O)(O)O. The molecule has 1 aliphatic heterocycles. The number of fused-ring (bicyclic) bond motifs is 2. The van der Waals surface area contributed by atoms with Gasteiger partial charge >= 0.3 is 19.8 Å². The molecule has 0 aromatic heterocycles. The first-order valence-electron chi connectivity index (χ1n) is 10.2. The van der Waals surface area contributed by atoms with Gasteiger partial charge < -0.3 is 19.4 Å². The Morgan fingerprint density at radius 1 is 1.00 bits per heavy atom. The van der Waals surface area contributed by atoms with Crippen molar-refractivity contribution in [3.63, 3.8) is 0 Å². The molecule has 1 heterocycles. The zero-order valence-electron chi connectivity index (χ0n) is 17.2. The molecule has 32 heavy (non-hydrogen) atoms. The Labute approximate surface area is 183 Å². The van der Waals surface area contributed by atoms with E-state index in [-0.39, 0.29) is 37.5 Å². The first-order valence-corrected chi connectivity index (χ1v) is 11.7. The first-order chi connectivity index (χ1) is 15.1. The van der Waals surface area contributed by atoms with Crippen LogP contribution < -0.4 is 0 Å². The van der Waals surface area contributed by atoms with Crippen molar-refractivity contribution in [2.24, 2.45) is 0 Å². The lowest BCUT2D eigenvalue weighted by atomic mass is 9.84. The second-order valence-corrected chi connectivity index (χ2v) is 8.85. The van der Waals surface area contributed by atoms with Crippen LogP contribution in [0.1, 0.15) is 67.9 Å². The van der Waals surface area contributed by atoms with E-state index in [1.165, 1.54) is 0 Å². The molecule has 2 aliphatic rings. The summed E-state index contributed by atoms with van der Waals surface area (Å²) < 4.78 is 19.4. The number of phosphoric acid groups is 1. The highest BCUT2D eigenvalue weighted by Gasteiger charge is 2.34. The van der Waals surface area contributed by atoms with Crippen LogP contribution >= 0.6 is 7.82 Å². The number of carbonyl (C=O) groups is 4. The fourth-order valence-electron chi connectivity index (χ4n) is 4.00. The highest BCUT2D eigenvalue weighted by atomic mass is 31.2. The molecule has 1 fully saturated rings. The van der Waals surface area contributed by atoms with Crippen LogP contribution in [0, 0.1) is 0 Å². The lowest BCUT2D eigenvalue weighted by molar-refractivity contribution is -0.197. The summed E-state index contributed by atoms with van der Waals surface area (Å²) in [6.45, 7) is -0.824. The van der Waals surface area contributed by atoms with Gasteiger partial charge in [-0.15, -0.1) is 5.06 Å².